The first kappa shape index (κ1) is 12.4. The first-order valence-corrected chi connectivity index (χ1v) is 4.77. The number of aromatic nitrogens is 1. The van der Waals surface area contributed by atoms with Crippen molar-refractivity contribution in [2.24, 2.45) is 0 Å². The summed E-state index contributed by atoms with van der Waals surface area (Å²) in [4.78, 5) is 11.1. The maximum Gasteiger partial charge on any atom is 0.338 e. The van der Waals surface area contributed by atoms with Crippen LogP contribution in [0.2, 0.25) is 0 Å². The maximum absolute atomic E-state index is 11.1. The van der Waals surface area contributed by atoms with E-state index in [0.717, 1.165) is 6.20 Å². The second kappa shape index (κ2) is 5.43. The molecule has 0 saturated heterocycles. The molecule has 2 N–H and O–H groups in total. The SMILES string of the molecule is CCOC(=O)C(O)C(O)c1ccc[n+]([O-])c1. The van der Waals surface area contributed by atoms with E-state index in [-0.39, 0.29) is 12.2 Å². The van der Waals surface area contributed by atoms with Gasteiger partial charge in [-0.3, -0.25) is 0 Å². The number of hydrogen-bond acceptors (Lipinski definition) is 5. The third-order valence-corrected chi connectivity index (χ3v) is 1.97. The zero-order valence-corrected chi connectivity index (χ0v) is 8.74. The van der Waals surface area contributed by atoms with Gasteiger partial charge in [-0.1, -0.05) is 0 Å². The summed E-state index contributed by atoms with van der Waals surface area (Å²) in [6, 6.07) is 2.84. The molecule has 88 valence electrons. The van der Waals surface area contributed by atoms with Gasteiger partial charge in [0.2, 0.25) is 0 Å². The van der Waals surface area contributed by atoms with E-state index in [0.29, 0.717) is 4.73 Å². The molecule has 6 nitrogen and oxygen atoms in total. The van der Waals surface area contributed by atoms with Crippen LogP contribution in [-0.2, 0) is 9.53 Å². The molecule has 6 heteroatoms. The van der Waals surface area contributed by atoms with Crippen molar-refractivity contribution >= 4 is 5.97 Å². The van der Waals surface area contributed by atoms with Crippen molar-refractivity contribution < 1.29 is 24.5 Å². The van der Waals surface area contributed by atoms with E-state index in [2.05, 4.69) is 4.74 Å². The minimum atomic E-state index is -1.69. The molecule has 0 aromatic carbocycles. The number of rotatable bonds is 4. The normalized spacial score (nSPS) is 14.2. The minimum Gasteiger partial charge on any atom is -0.619 e. The number of aliphatic hydroxyl groups is 2. The van der Waals surface area contributed by atoms with Gasteiger partial charge in [-0.15, -0.1) is 0 Å². The van der Waals surface area contributed by atoms with Gasteiger partial charge in [-0.2, -0.15) is 4.73 Å². The van der Waals surface area contributed by atoms with Crippen LogP contribution in [-0.4, -0.2) is 28.9 Å². The predicted molar refractivity (Wildman–Crippen MR) is 53.0 cm³/mol. The van der Waals surface area contributed by atoms with Crippen LogP contribution in [0, 0.1) is 5.21 Å². The number of pyridine rings is 1. The largest absolute Gasteiger partial charge is 0.619 e. The number of nitrogens with zero attached hydrogens (tertiary/aromatic N) is 1. The molecule has 0 spiro atoms. The fourth-order valence-electron chi connectivity index (χ4n) is 1.19. The number of aliphatic hydroxyl groups excluding tert-OH is 2. The Kier molecular flexibility index (Phi) is 4.21. The Morgan fingerprint density at radius 3 is 2.88 bits per heavy atom. The Morgan fingerprint density at radius 1 is 1.62 bits per heavy atom. The molecular formula is C10H13NO5. The number of ether oxygens (including phenoxy) is 1. The number of carbonyl (C=O) groups is 1. The molecule has 0 bridgehead atoms. The van der Waals surface area contributed by atoms with Crippen molar-refractivity contribution in [1.82, 2.24) is 0 Å². The van der Waals surface area contributed by atoms with Gasteiger partial charge < -0.3 is 20.2 Å². The second-order valence-electron chi connectivity index (χ2n) is 3.14. The average molecular weight is 227 g/mol. The van der Waals surface area contributed by atoms with E-state index in [4.69, 9.17) is 0 Å². The Hall–Kier alpha value is -1.66. The van der Waals surface area contributed by atoms with E-state index in [1.54, 1.807) is 6.92 Å². The van der Waals surface area contributed by atoms with E-state index in [1.807, 2.05) is 0 Å². The Balaban J connectivity index is 2.77. The summed E-state index contributed by atoms with van der Waals surface area (Å²) >= 11 is 0. The molecule has 0 aliphatic carbocycles. The van der Waals surface area contributed by atoms with Gasteiger partial charge in [0.1, 0.15) is 6.10 Å². The summed E-state index contributed by atoms with van der Waals surface area (Å²) in [6.45, 7) is 1.70. The topological polar surface area (TPSA) is 93.7 Å². The van der Waals surface area contributed by atoms with E-state index < -0.39 is 18.2 Å². The summed E-state index contributed by atoms with van der Waals surface area (Å²) in [5.41, 5.74) is 0.151. The summed E-state index contributed by atoms with van der Waals surface area (Å²) in [6.07, 6.45) is -0.858. The van der Waals surface area contributed by atoms with Crippen molar-refractivity contribution in [2.75, 3.05) is 6.61 Å². The highest BCUT2D eigenvalue weighted by Gasteiger charge is 2.28. The first-order chi connectivity index (χ1) is 7.56. The van der Waals surface area contributed by atoms with Crippen LogP contribution in [0.5, 0.6) is 0 Å². The molecule has 0 fully saturated rings. The van der Waals surface area contributed by atoms with Gasteiger partial charge in [0, 0.05) is 11.6 Å². The minimum absolute atomic E-state index is 0.110. The van der Waals surface area contributed by atoms with Crippen LogP contribution >= 0.6 is 0 Å². The Bertz CT molecular complexity index is 368. The van der Waals surface area contributed by atoms with Gasteiger partial charge >= 0.3 is 5.97 Å². The molecule has 0 amide bonds. The van der Waals surface area contributed by atoms with Crippen molar-refractivity contribution in [1.29, 1.82) is 0 Å². The predicted octanol–water partition coefficient (Wildman–Crippen LogP) is -0.723. The quantitative estimate of drug-likeness (QED) is 0.402. The molecule has 2 unspecified atom stereocenters. The van der Waals surface area contributed by atoms with Crippen molar-refractivity contribution in [3.63, 3.8) is 0 Å². The molecule has 0 aliphatic rings. The molecule has 1 heterocycles. The lowest BCUT2D eigenvalue weighted by Crippen LogP contribution is -2.32. The lowest BCUT2D eigenvalue weighted by atomic mass is 10.1. The first-order valence-electron chi connectivity index (χ1n) is 4.77. The summed E-state index contributed by atoms with van der Waals surface area (Å²) in [5.74, 6) is -0.920. The van der Waals surface area contributed by atoms with Crippen LogP contribution in [0.15, 0.2) is 24.5 Å². The van der Waals surface area contributed by atoms with E-state index in [9.17, 15) is 20.2 Å². The van der Waals surface area contributed by atoms with Crippen molar-refractivity contribution in [3.05, 3.63) is 35.3 Å². The molecule has 1 aromatic rings. The van der Waals surface area contributed by atoms with Crippen molar-refractivity contribution in [2.45, 2.75) is 19.1 Å². The van der Waals surface area contributed by atoms with Crippen molar-refractivity contribution in [3.8, 4) is 0 Å². The zero-order valence-electron chi connectivity index (χ0n) is 8.74. The van der Waals surface area contributed by atoms with Gasteiger partial charge in [0.25, 0.3) is 0 Å². The molecule has 0 aliphatic heterocycles. The van der Waals surface area contributed by atoms with E-state index in [1.165, 1.54) is 18.3 Å². The van der Waals surface area contributed by atoms with Crippen LogP contribution in [0.4, 0.5) is 0 Å². The average Bonchev–Trinajstić information content (AvgIpc) is 2.27. The third kappa shape index (κ3) is 2.91. The molecule has 16 heavy (non-hydrogen) atoms. The standard InChI is InChI=1S/C10H13NO5/c1-2-16-10(14)9(13)8(12)7-4-3-5-11(15)6-7/h3-6,8-9,12-13H,2H2,1H3. The molecule has 1 aromatic heterocycles. The highest BCUT2D eigenvalue weighted by molar-refractivity contribution is 5.75. The molecule has 0 radical (unpaired) electrons. The second-order valence-corrected chi connectivity index (χ2v) is 3.14. The van der Waals surface area contributed by atoms with Gasteiger partial charge in [0.05, 0.1) is 6.61 Å². The summed E-state index contributed by atoms with van der Waals surface area (Å²) in [7, 11) is 0. The van der Waals surface area contributed by atoms with Gasteiger partial charge in [-0.25, -0.2) is 4.79 Å². The summed E-state index contributed by atoms with van der Waals surface area (Å²) in [5, 5.41) is 30.0. The van der Waals surface area contributed by atoms with Crippen LogP contribution in [0.25, 0.3) is 0 Å². The van der Waals surface area contributed by atoms with Crippen LogP contribution in [0.3, 0.4) is 0 Å². The lowest BCUT2D eigenvalue weighted by molar-refractivity contribution is -0.606. The smallest absolute Gasteiger partial charge is 0.338 e. The van der Waals surface area contributed by atoms with Gasteiger partial charge in [0.15, 0.2) is 18.5 Å². The van der Waals surface area contributed by atoms with Crippen LogP contribution in [0.1, 0.15) is 18.6 Å². The molecular weight excluding hydrogens is 214 g/mol. The maximum atomic E-state index is 11.1. The Morgan fingerprint density at radius 2 is 2.31 bits per heavy atom. The molecule has 2 atom stereocenters. The Labute approximate surface area is 92.3 Å². The zero-order chi connectivity index (χ0) is 12.1. The molecule has 1 rings (SSSR count). The van der Waals surface area contributed by atoms with Gasteiger partial charge in [-0.05, 0) is 13.0 Å². The third-order valence-electron chi connectivity index (χ3n) is 1.97. The highest BCUT2D eigenvalue weighted by atomic mass is 16.5. The monoisotopic (exact) mass is 227 g/mol. The summed E-state index contributed by atoms with van der Waals surface area (Å²) < 4.78 is 5.01. The molecule has 0 saturated carbocycles. The fraction of sp³-hybridized carbons (Fsp3) is 0.400. The number of carbonyl (C=O) groups excluding carboxylic acids is 1. The lowest BCUT2D eigenvalue weighted by Gasteiger charge is -2.15. The van der Waals surface area contributed by atoms with E-state index >= 15 is 0 Å². The van der Waals surface area contributed by atoms with Crippen LogP contribution < -0.4 is 4.73 Å². The number of esters is 1. The fourth-order valence-corrected chi connectivity index (χ4v) is 1.19. The highest BCUT2D eigenvalue weighted by Crippen LogP contribution is 2.15. The number of hydrogen-bond donors (Lipinski definition) is 2.